The van der Waals surface area contributed by atoms with Crippen LogP contribution in [0.2, 0.25) is 5.02 Å². The number of rotatable bonds is 3. The molecule has 0 saturated heterocycles. The maximum atomic E-state index is 13.9. The SMILES string of the molecule is Cc1ccc(C(C)(O)Cc2cccc(Cl)c2F)cc1F. The van der Waals surface area contributed by atoms with E-state index < -0.39 is 17.2 Å². The third kappa shape index (κ3) is 3.00. The first-order valence-corrected chi connectivity index (χ1v) is 6.61. The van der Waals surface area contributed by atoms with Crippen molar-refractivity contribution in [2.45, 2.75) is 25.9 Å². The molecular weight excluding hydrogens is 282 g/mol. The molecule has 0 aliphatic heterocycles. The minimum atomic E-state index is -1.37. The van der Waals surface area contributed by atoms with Gasteiger partial charge in [-0.1, -0.05) is 35.9 Å². The van der Waals surface area contributed by atoms with Crippen molar-refractivity contribution < 1.29 is 13.9 Å². The maximum Gasteiger partial charge on any atom is 0.145 e. The zero-order valence-electron chi connectivity index (χ0n) is 11.3. The summed E-state index contributed by atoms with van der Waals surface area (Å²) in [6.07, 6.45) is 0.0158. The van der Waals surface area contributed by atoms with Gasteiger partial charge in [0.15, 0.2) is 0 Å². The first-order valence-electron chi connectivity index (χ1n) is 6.23. The van der Waals surface area contributed by atoms with Gasteiger partial charge in [0.25, 0.3) is 0 Å². The van der Waals surface area contributed by atoms with Crippen molar-refractivity contribution in [1.82, 2.24) is 0 Å². The molecule has 0 radical (unpaired) electrons. The molecule has 0 fully saturated rings. The van der Waals surface area contributed by atoms with Gasteiger partial charge in [-0.2, -0.15) is 0 Å². The van der Waals surface area contributed by atoms with E-state index in [0.717, 1.165) is 0 Å². The Labute approximate surface area is 121 Å². The average molecular weight is 297 g/mol. The lowest BCUT2D eigenvalue weighted by Gasteiger charge is -2.24. The van der Waals surface area contributed by atoms with E-state index in [1.807, 2.05) is 0 Å². The zero-order chi connectivity index (χ0) is 14.9. The predicted octanol–water partition coefficient (Wildman–Crippen LogP) is 4.38. The molecule has 2 rings (SSSR count). The van der Waals surface area contributed by atoms with Crippen LogP contribution in [-0.4, -0.2) is 5.11 Å². The lowest BCUT2D eigenvalue weighted by Crippen LogP contribution is -2.25. The number of aliphatic hydroxyl groups is 1. The van der Waals surface area contributed by atoms with E-state index in [-0.39, 0.29) is 11.4 Å². The van der Waals surface area contributed by atoms with Gasteiger partial charge in [-0.05, 0) is 42.7 Å². The summed E-state index contributed by atoms with van der Waals surface area (Å²) in [4.78, 5) is 0. The van der Waals surface area contributed by atoms with E-state index in [9.17, 15) is 13.9 Å². The Morgan fingerprint density at radius 1 is 1.20 bits per heavy atom. The van der Waals surface area contributed by atoms with Gasteiger partial charge in [0.05, 0.1) is 10.6 Å². The molecule has 1 N–H and O–H groups in total. The lowest BCUT2D eigenvalue weighted by molar-refractivity contribution is 0.0563. The van der Waals surface area contributed by atoms with Crippen LogP contribution in [0.1, 0.15) is 23.6 Å². The van der Waals surface area contributed by atoms with Gasteiger partial charge >= 0.3 is 0 Å². The molecule has 0 amide bonds. The molecule has 20 heavy (non-hydrogen) atoms. The van der Waals surface area contributed by atoms with Crippen LogP contribution in [-0.2, 0) is 12.0 Å². The summed E-state index contributed by atoms with van der Waals surface area (Å²) in [6.45, 7) is 3.17. The molecule has 1 nitrogen and oxygen atoms in total. The molecule has 0 aromatic heterocycles. The van der Waals surface area contributed by atoms with Gasteiger partial charge in [0.2, 0.25) is 0 Å². The third-order valence-electron chi connectivity index (χ3n) is 3.36. The number of halogens is 3. The first kappa shape index (κ1) is 14.9. The van der Waals surface area contributed by atoms with Gasteiger partial charge in [-0.25, -0.2) is 8.78 Å². The van der Waals surface area contributed by atoms with E-state index in [4.69, 9.17) is 11.6 Å². The fraction of sp³-hybridized carbons (Fsp3) is 0.250. The second kappa shape index (κ2) is 5.51. The molecule has 0 heterocycles. The van der Waals surface area contributed by atoms with Crippen LogP contribution in [0.4, 0.5) is 8.78 Å². The second-order valence-electron chi connectivity index (χ2n) is 5.13. The lowest BCUT2D eigenvalue weighted by atomic mass is 9.88. The topological polar surface area (TPSA) is 20.2 Å². The molecule has 1 atom stereocenters. The Morgan fingerprint density at radius 3 is 2.55 bits per heavy atom. The minimum absolute atomic E-state index is 0.00777. The summed E-state index contributed by atoms with van der Waals surface area (Å²) in [5.74, 6) is -0.948. The van der Waals surface area contributed by atoms with Gasteiger partial charge < -0.3 is 5.11 Å². The molecule has 4 heteroatoms. The maximum absolute atomic E-state index is 13.9. The Hall–Kier alpha value is -1.45. The summed E-state index contributed by atoms with van der Waals surface area (Å²) in [5, 5.41) is 10.5. The average Bonchev–Trinajstić information content (AvgIpc) is 2.38. The normalized spacial score (nSPS) is 14.1. The molecule has 2 aromatic carbocycles. The molecule has 106 valence electrons. The number of aryl methyl sites for hydroxylation is 1. The van der Waals surface area contributed by atoms with E-state index >= 15 is 0 Å². The van der Waals surface area contributed by atoms with Gasteiger partial charge in [-0.3, -0.25) is 0 Å². The second-order valence-corrected chi connectivity index (χ2v) is 5.53. The van der Waals surface area contributed by atoms with Crippen LogP contribution in [0.15, 0.2) is 36.4 Å². The summed E-state index contributed by atoms with van der Waals surface area (Å²) in [7, 11) is 0. The Kier molecular flexibility index (Phi) is 4.11. The highest BCUT2D eigenvalue weighted by atomic mass is 35.5. The molecule has 0 saturated carbocycles. The van der Waals surface area contributed by atoms with Crippen LogP contribution >= 0.6 is 11.6 Å². The van der Waals surface area contributed by atoms with Crippen LogP contribution in [0.25, 0.3) is 0 Å². The van der Waals surface area contributed by atoms with Crippen molar-refractivity contribution >= 4 is 11.6 Å². The van der Waals surface area contributed by atoms with E-state index in [0.29, 0.717) is 16.7 Å². The summed E-state index contributed by atoms with van der Waals surface area (Å²) in [5.41, 5.74) is -0.179. The number of benzene rings is 2. The highest BCUT2D eigenvalue weighted by molar-refractivity contribution is 6.30. The highest BCUT2D eigenvalue weighted by Gasteiger charge is 2.26. The zero-order valence-corrected chi connectivity index (χ0v) is 12.0. The predicted molar refractivity (Wildman–Crippen MR) is 75.8 cm³/mol. The summed E-state index contributed by atoms with van der Waals surface area (Å²) >= 11 is 5.72. The fourth-order valence-corrected chi connectivity index (χ4v) is 2.28. The molecule has 1 unspecified atom stereocenters. The van der Waals surface area contributed by atoms with E-state index in [1.54, 1.807) is 31.2 Å². The van der Waals surface area contributed by atoms with Gasteiger partial charge in [-0.15, -0.1) is 0 Å². The molecule has 0 spiro atoms. The van der Waals surface area contributed by atoms with Crippen molar-refractivity contribution in [3.8, 4) is 0 Å². The smallest absolute Gasteiger partial charge is 0.145 e. The van der Waals surface area contributed by atoms with Crippen LogP contribution < -0.4 is 0 Å². The van der Waals surface area contributed by atoms with Crippen LogP contribution in [0, 0.1) is 18.6 Å². The van der Waals surface area contributed by atoms with Crippen LogP contribution in [0.5, 0.6) is 0 Å². The molecular formula is C16H15ClF2O. The summed E-state index contributed by atoms with van der Waals surface area (Å²) in [6, 6.07) is 9.12. The molecule has 0 aliphatic carbocycles. The Morgan fingerprint density at radius 2 is 1.90 bits per heavy atom. The number of hydrogen-bond acceptors (Lipinski definition) is 1. The van der Waals surface area contributed by atoms with Crippen molar-refractivity contribution in [1.29, 1.82) is 0 Å². The quantitative estimate of drug-likeness (QED) is 0.891. The molecule has 0 aliphatic rings. The number of hydrogen-bond donors (Lipinski definition) is 1. The van der Waals surface area contributed by atoms with Gasteiger partial charge in [0.1, 0.15) is 11.6 Å². The monoisotopic (exact) mass is 296 g/mol. The van der Waals surface area contributed by atoms with E-state index in [2.05, 4.69) is 0 Å². The molecule has 2 aromatic rings. The van der Waals surface area contributed by atoms with Crippen molar-refractivity contribution in [3.63, 3.8) is 0 Å². The standard InChI is InChI=1S/C16H15ClF2O/c1-10-6-7-12(8-14(10)18)16(2,20)9-11-4-3-5-13(17)15(11)19/h3-8,20H,9H2,1-2H3. The molecule has 0 bridgehead atoms. The van der Waals surface area contributed by atoms with E-state index in [1.165, 1.54) is 19.1 Å². The largest absolute Gasteiger partial charge is 0.385 e. The Balaban J connectivity index is 2.35. The Bertz CT molecular complexity index is 638. The van der Waals surface area contributed by atoms with Crippen molar-refractivity contribution in [3.05, 3.63) is 69.7 Å². The third-order valence-corrected chi connectivity index (χ3v) is 3.65. The first-order chi connectivity index (χ1) is 9.31. The highest BCUT2D eigenvalue weighted by Crippen LogP contribution is 2.29. The van der Waals surface area contributed by atoms with Crippen molar-refractivity contribution in [2.24, 2.45) is 0 Å². The fourth-order valence-electron chi connectivity index (χ4n) is 2.09. The van der Waals surface area contributed by atoms with Gasteiger partial charge in [0, 0.05) is 6.42 Å². The minimum Gasteiger partial charge on any atom is -0.385 e. The van der Waals surface area contributed by atoms with Crippen LogP contribution in [0.3, 0.4) is 0 Å². The van der Waals surface area contributed by atoms with Crippen molar-refractivity contribution in [2.75, 3.05) is 0 Å². The summed E-state index contributed by atoms with van der Waals surface area (Å²) < 4.78 is 27.5.